The molecule has 0 spiro atoms. The Balaban J connectivity index is 1.04. The molecule has 6 aromatic carbocycles. The largest absolute Gasteiger partial charge is 0.484 e. The fraction of sp³-hybridized carbons (Fsp3) is 0.0851. The Bertz CT molecular complexity index is 2440. The van der Waals surface area contributed by atoms with Gasteiger partial charge in [-0.25, -0.2) is 15.0 Å². The topological polar surface area (TPSA) is 47.9 Å². The van der Waals surface area contributed by atoms with E-state index in [1.54, 1.807) is 0 Å². The second-order valence-corrected chi connectivity index (χ2v) is 13.5. The monoisotopic (exact) mass is 655 g/mol. The lowest BCUT2D eigenvalue weighted by Crippen LogP contribution is -2.16. The maximum absolute atomic E-state index is 6.91. The molecule has 0 saturated carbocycles. The Morgan fingerprint density at radius 1 is 0.490 bits per heavy atom. The average Bonchev–Trinajstić information content (AvgIpc) is 3.60. The zero-order chi connectivity index (χ0) is 33.7. The highest BCUT2D eigenvalue weighted by atomic mass is 16.5. The van der Waals surface area contributed by atoms with Crippen LogP contribution in [0.15, 0.2) is 152 Å². The smallest absolute Gasteiger partial charge is 0.164 e. The number of hydrogen-bond acceptors (Lipinski definition) is 4. The molecule has 0 radical (unpaired) electrons. The Hall–Kier alpha value is -6.39. The van der Waals surface area contributed by atoms with E-state index >= 15 is 0 Å². The highest BCUT2D eigenvalue weighted by molar-refractivity contribution is 5.91. The molecule has 0 bridgehead atoms. The normalized spacial score (nSPS) is 16.7. The lowest BCUT2D eigenvalue weighted by Gasteiger charge is -2.29. The minimum Gasteiger partial charge on any atom is -0.484 e. The van der Waals surface area contributed by atoms with Gasteiger partial charge in [0.15, 0.2) is 17.5 Å². The Morgan fingerprint density at radius 2 is 1.12 bits per heavy atom. The summed E-state index contributed by atoms with van der Waals surface area (Å²) in [4.78, 5) is 14.8. The van der Waals surface area contributed by atoms with E-state index in [0.29, 0.717) is 17.5 Å². The molecule has 1 aromatic heterocycles. The van der Waals surface area contributed by atoms with E-state index < -0.39 is 0 Å². The number of ether oxygens (including phenoxy) is 1. The van der Waals surface area contributed by atoms with E-state index in [0.717, 1.165) is 35.3 Å². The third kappa shape index (κ3) is 5.28. The number of aryl methyl sites for hydroxylation is 1. The van der Waals surface area contributed by atoms with Crippen LogP contribution >= 0.6 is 0 Å². The molecular weight excluding hydrogens is 623 g/mol. The summed E-state index contributed by atoms with van der Waals surface area (Å²) in [5.74, 6) is 2.83. The molecule has 2 unspecified atom stereocenters. The quantitative estimate of drug-likeness (QED) is 0.185. The van der Waals surface area contributed by atoms with Gasteiger partial charge in [0, 0.05) is 27.8 Å². The summed E-state index contributed by atoms with van der Waals surface area (Å²) in [5.41, 5.74) is 14.1. The molecule has 4 nitrogen and oxygen atoms in total. The van der Waals surface area contributed by atoms with Crippen molar-refractivity contribution in [2.24, 2.45) is 0 Å². The molecule has 242 valence electrons. The van der Waals surface area contributed by atoms with Gasteiger partial charge in [-0.2, -0.15) is 0 Å². The lowest BCUT2D eigenvalue weighted by atomic mass is 9.76. The van der Waals surface area contributed by atoms with Gasteiger partial charge in [-0.1, -0.05) is 146 Å². The second kappa shape index (κ2) is 12.2. The Labute approximate surface area is 297 Å². The molecule has 1 aliphatic heterocycles. The molecule has 0 fully saturated rings. The van der Waals surface area contributed by atoms with Crippen molar-refractivity contribution in [3.63, 3.8) is 0 Å². The van der Waals surface area contributed by atoms with Gasteiger partial charge < -0.3 is 4.74 Å². The third-order valence-electron chi connectivity index (χ3n) is 10.4. The van der Waals surface area contributed by atoms with Crippen molar-refractivity contribution in [1.82, 2.24) is 15.0 Å². The summed E-state index contributed by atoms with van der Waals surface area (Å²) < 4.78 is 6.91. The fourth-order valence-corrected chi connectivity index (χ4v) is 7.79. The molecule has 0 saturated heterocycles. The lowest BCUT2D eigenvalue weighted by molar-refractivity contribution is 0.226. The number of fused-ring (bicyclic) bond motifs is 6. The first-order chi connectivity index (χ1) is 25.2. The molecule has 10 rings (SSSR count). The summed E-state index contributed by atoms with van der Waals surface area (Å²) in [6.07, 6.45) is 9.00. The van der Waals surface area contributed by atoms with Crippen LogP contribution in [0.2, 0.25) is 0 Å². The van der Waals surface area contributed by atoms with Crippen LogP contribution in [0.1, 0.15) is 51.8 Å². The molecule has 0 amide bonds. The molecule has 7 aromatic rings. The highest BCUT2D eigenvalue weighted by Crippen LogP contribution is 2.56. The molecule has 2 atom stereocenters. The Morgan fingerprint density at radius 3 is 1.86 bits per heavy atom. The predicted octanol–water partition coefficient (Wildman–Crippen LogP) is 11.3. The van der Waals surface area contributed by atoms with Crippen molar-refractivity contribution in [2.45, 2.75) is 24.9 Å². The molecular formula is C47H33N3O. The molecule has 51 heavy (non-hydrogen) atoms. The number of hydrogen-bond donors (Lipinski definition) is 0. The second-order valence-electron chi connectivity index (χ2n) is 13.5. The summed E-state index contributed by atoms with van der Waals surface area (Å²) in [6, 6.07) is 51.2. The molecule has 2 heterocycles. The summed E-state index contributed by atoms with van der Waals surface area (Å²) in [5, 5.41) is 0. The van der Waals surface area contributed by atoms with Gasteiger partial charge in [0.2, 0.25) is 0 Å². The standard InChI is InChI=1S/C47H33N3O/c1-3-12-33(13-4-1)45-48-46(34-14-5-2-6-15-34)50-47(49-45)38-25-26-40-42(29-38)51-44-39-18-10-9-17-37(39)28-41(43(40)44)32-22-19-31(20-23-32)36-24-21-30-11-7-8-16-35(30)27-36/h1-6,8-10,12-29,43-44H,7,11H2. The molecule has 0 N–H and O–H groups in total. The van der Waals surface area contributed by atoms with Crippen molar-refractivity contribution in [1.29, 1.82) is 0 Å². The van der Waals surface area contributed by atoms with Crippen LogP contribution in [-0.4, -0.2) is 15.0 Å². The number of benzene rings is 6. The van der Waals surface area contributed by atoms with E-state index in [1.807, 2.05) is 60.7 Å². The summed E-state index contributed by atoms with van der Waals surface area (Å²) >= 11 is 0. The number of allylic oxidation sites excluding steroid dienone is 1. The number of nitrogens with zero attached hydrogens (tertiary/aromatic N) is 3. The van der Waals surface area contributed by atoms with Gasteiger partial charge in [-0.3, -0.25) is 0 Å². The molecule has 3 aliphatic rings. The van der Waals surface area contributed by atoms with Crippen LogP contribution in [0.5, 0.6) is 5.75 Å². The predicted molar refractivity (Wildman–Crippen MR) is 206 cm³/mol. The van der Waals surface area contributed by atoms with E-state index in [9.17, 15) is 0 Å². The SMILES string of the molecule is C1=Cc2cc(-c3ccc(C4=Cc5ccccc5C5Oc6cc(-c7nc(-c8ccccc8)nc(-c8ccccc8)n7)ccc6C45)cc3)ccc2CC1. The van der Waals surface area contributed by atoms with Crippen molar-refractivity contribution >= 4 is 17.7 Å². The maximum Gasteiger partial charge on any atom is 0.164 e. The minimum absolute atomic E-state index is 0.0572. The van der Waals surface area contributed by atoms with Crippen molar-refractivity contribution in [3.05, 3.63) is 185 Å². The highest BCUT2D eigenvalue weighted by Gasteiger charge is 2.41. The van der Waals surface area contributed by atoms with E-state index in [1.165, 1.54) is 50.1 Å². The van der Waals surface area contributed by atoms with Gasteiger partial charge in [-0.15, -0.1) is 0 Å². The number of aromatic nitrogens is 3. The zero-order valence-corrected chi connectivity index (χ0v) is 27.9. The fourth-order valence-electron chi connectivity index (χ4n) is 7.79. The van der Waals surface area contributed by atoms with E-state index in [4.69, 9.17) is 19.7 Å². The first-order valence-electron chi connectivity index (χ1n) is 17.6. The zero-order valence-electron chi connectivity index (χ0n) is 27.9. The number of rotatable bonds is 5. The maximum atomic E-state index is 6.91. The molecule has 4 heteroatoms. The van der Waals surface area contributed by atoms with Crippen LogP contribution in [-0.2, 0) is 6.42 Å². The van der Waals surface area contributed by atoms with Gasteiger partial charge in [0.05, 0.1) is 5.92 Å². The molecule has 2 aliphatic carbocycles. The summed E-state index contributed by atoms with van der Waals surface area (Å²) in [7, 11) is 0. The van der Waals surface area contributed by atoms with Crippen LogP contribution in [0.4, 0.5) is 0 Å². The van der Waals surface area contributed by atoms with Crippen LogP contribution < -0.4 is 4.74 Å². The van der Waals surface area contributed by atoms with E-state index in [-0.39, 0.29) is 12.0 Å². The van der Waals surface area contributed by atoms with Crippen molar-refractivity contribution in [3.8, 4) is 51.0 Å². The Kier molecular flexibility index (Phi) is 7.05. The summed E-state index contributed by atoms with van der Waals surface area (Å²) in [6.45, 7) is 0. The van der Waals surface area contributed by atoms with Gasteiger partial charge in [0.1, 0.15) is 11.9 Å². The third-order valence-corrected chi connectivity index (χ3v) is 10.4. The first-order valence-corrected chi connectivity index (χ1v) is 17.6. The van der Waals surface area contributed by atoms with E-state index in [2.05, 4.69) is 103 Å². The van der Waals surface area contributed by atoms with Gasteiger partial charge >= 0.3 is 0 Å². The van der Waals surface area contributed by atoms with Gasteiger partial charge in [0.25, 0.3) is 0 Å². The minimum atomic E-state index is -0.128. The van der Waals surface area contributed by atoms with Crippen LogP contribution in [0.25, 0.3) is 63.0 Å². The van der Waals surface area contributed by atoms with Crippen LogP contribution in [0, 0.1) is 0 Å². The van der Waals surface area contributed by atoms with Crippen molar-refractivity contribution < 1.29 is 4.74 Å². The first kappa shape index (κ1) is 29.5. The van der Waals surface area contributed by atoms with Crippen molar-refractivity contribution in [2.75, 3.05) is 0 Å². The van der Waals surface area contributed by atoms with Gasteiger partial charge in [-0.05, 0) is 70.0 Å². The van der Waals surface area contributed by atoms with Crippen LogP contribution in [0.3, 0.4) is 0 Å². The average molecular weight is 656 g/mol.